The number of nitrogens with one attached hydrogen (secondary N) is 1. The number of rotatable bonds is 4. The van der Waals surface area contributed by atoms with Crippen molar-refractivity contribution in [2.45, 2.75) is 6.42 Å². The number of phenolic OH excluding ortho intramolecular Hbond substituents is 1. The highest BCUT2D eigenvalue weighted by Gasteiger charge is 2.16. The van der Waals surface area contributed by atoms with E-state index in [0.29, 0.717) is 9.99 Å². The summed E-state index contributed by atoms with van der Waals surface area (Å²) >= 11 is 4.08. The van der Waals surface area contributed by atoms with Gasteiger partial charge in [-0.1, -0.05) is 12.1 Å². The van der Waals surface area contributed by atoms with E-state index in [1.807, 2.05) is 46.9 Å². The van der Waals surface area contributed by atoms with Crippen LogP contribution in [-0.2, 0) is 11.2 Å². The van der Waals surface area contributed by atoms with Crippen LogP contribution >= 0.6 is 45.2 Å². The van der Waals surface area contributed by atoms with Gasteiger partial charge in [0.15, 0.2) is 0 Å². The first-order valence-electron chi connectivity index (χ1n) is 6.83. The number of aromatic hydroxyl groups is 1. The number of hydrogen-bond donors (Lipinski definition) is 2. The molecule has 0 radical (unpaired) electrons. The number of hydrogen-bond acceptors (Lipinski definition) is 4. The fourth-order valence-corrected chi connectivity index (χ4v) is 4.01. The Bertz CT molecular complexity index is 844. The summed E-state index contributed by atoms with van der Waals surface area (Å²) in [6.07, 6.45) is 0.488. The molecule has 0 aliphatic heterocycles. The molecule has 0 fully saturated rings. The van der Waals surface area contributed by atoms with E-state index in [9.17, 15) is 9.90 Å². The highest BCUT2D eigenvalue weighted by Crippen LogP contribution is 2.27. The summed E-state index contributed by atoms with van der Waals surface area (Å²) in [5, 5.41) is 9.97. The van der Waals surface area contributed by atoms with Gasteiger partial charge in [-0.2, -0.15) is 0 Å². The zero-order valence-corrected chi connectivity index (χ0v) is 16.2. The normalized spacial score (nSPS) is 10.9. The van der Waals surface area contributed by atoms with Crippen molar-refractivity contribution in [1.82, 2.24) is 9.97 Å². The van der Waals surface area contributed by atoms with Gasteiger partial charge < -0.3 is 14.8 Å². The van der Waals surface area contributed by atoms with Crippen molar-refractivity contribution in [3.8, 4) is 5.75 Å². The second-order valence-corrected chi connectivity index (χ2v) is 7.28. The third-order valence-electron chi connectivity index (χ3n) is 3.26. The number of fused-ring (bicyclic) bond motifs is 1. The van der Waals surface area contributed by atoms with Crippen LogP contribution in [-0.4, -0.2) is 27.7 Å². The first-order valence-corrected chi connectivity index (χ1v) is 8.99. The number of imidazole rings is 1. The lowest BCUT2D eigenvalue weighted by atomic mass is 10.2. The summed E-state index contributed by atoms with van der Waals surface area (Å²) in [6, 6.07) is 11.1. The van der Waals surface area contributed by atoms with Crippen LogP contribution in [0.15, 0.2) is 36.4 Å². The molecule has 7 heteroatoms. The van der Waals surface area contributed by atoms with Crippen molar-refractivity contribution >= 4 is 62.2 Å². The Labute approximate surface area is 159 Å². The molecule has 118 valence electrons. The number of nitrogens with zero attached hydrogens (tertiary/aromatic N) is 1. The van der Waals surface area contributed by atoms with Gasteiger partial charge in [-0.05, 0) is 69.4 Å². The van der Waals surface area contributed by atoms with Gasteiger partial charge in [0, 0.05) is 9.99 Å². The monoisotopic (exact) mass is 534 g/mol. The van der Waals surface area contributed by atoms with E-state index < -0.39 is 5.97 Å². The quantitative estimate of drug-likeness (QED) is 0.394. The molecule has 2 aromatic carbocycles. The lowest BCUT2D eigenvalue weighted by molar-refractivity contribution is 0.0504. The maximum Gasteiger partial charge on any atom is 0.342 e. The molecule has 0 saturated heterocycles. The molecule has 3 rings (SSSR count). The largest absolute Gasteiger partial charge is 0.506 e. The van der Waals surface area contributed by atoms with Crippen molar-refractivity contribution in [3.05, 3.63) is 54.9 Å². The van der Waals surface area contributed by atoms with Crippen molar-refractivity contribution in [3.63, 3.8) is 0 Å². The summed E-state index contributed by atoms with van der Waals surface area (Å²) in [4.78, 5) is 19.7. The molecule has 0 unspecified atom stereocenters. The smallest absolute Gasteiger partial charge is 0.342 e. The predicted molar refractivity (Wildman–Crippen MR) is 104 cm³/mol. The third-order valence-corrected chi connectivity index (χ3v) is 4.70. The van der Waals surface area contributed by atoms with Gasteiger partial charge in [0.2, 0.25) is 0 Å². The molecule has 5 nitrogen and oxygen atoms in total. The van der Waals surface area contributed by atoms with Crippen molar-refractivity contribution < 1.29 is 14.6 Å². The second-order valence-electron chi connectivity index (χ2n) is 4.87. The number of H-pyrrole nitrogens is 1. The fraction of sp³-hybridized carbons (Fsp3) is 0.125. The number of carbonyl (C=O) groups is 1. The molecule has 1 aromatic heterocycles. The lowest BCUT2D eigenvalue weighted by Gasteiger charge is -2.07. The molecule has 1 heterocycles. The molecular formula is C16H12I2N2O3. The minimum Gasteiger partial charge on any atom is -0.506 e. The number of carbonyl (C=O) groups excluding carboxylic acids is 1. The molecule has 0 aliphatic carbocycles. The molecule has 0 amide bonds. The van der Waals surface area contributed by atoms with E-state index in [4.69, 9.17) is 4.74 Å². The highest BCUT2D eigenvalue weighted by atomic mass is 127. The minimum absolute atomic E-state index is 0.0419. The van der Waals surface area contributed by atoms with Gasteiger partial charge in [0.1, 0.15) is 17.1 Å². The molecule has 0 saturated carbocycles. The van der Waals surface area contributed by atoms with E-state index in [2.05, 4.69) is 32.6 Å². The number of aromatic amines is 1. The van der Waals surface area contributed by atoms with Gasteiger partial charge in [-0.3, -0.25) is 0 Å². The molecule has 3 aromatic rings. The number of halogens is 2. The number of para-hydroxylation sites is 2. The molecule has 2 N–H and O–H groups in total. The van der Waals surface area contributed by atoms with Gasteiger partial charge in [-0.15, -0.1) is 0 Å². The summed E-state index contributed by atoms with van der Waals surface area (Å²) in [5.74, 6) is 0.190. The van der Waals surface area contributed by atoms with Crippen LogP contribution in [0.5, 0.6) is 5.75 Å². The Morgan fingerprint density at radius 2 is 2.04 bits per heavy atom. The Kier molecular flexibility index (Phi) is 5.05. The van der Waals surface area contributed by atoms with Gasteiger partial charge in [0.25, 0.3) is 0 Å². The summed E-state index contributed by atoms with van der Waals surface area (Å²) in [7, 11) is 0. The molecule has 0 spiro atoms. The Hall–Kier alpha value is -1.36. The molecule has 23 heavy (non-hydrogen) atoms. The average molecular weight is 534 g/mol. The predicted octanol–water partition coefficient (Wildman–Crippen LogP) is 3.88. The van der Waals surface area contributed by atoms with Gasteiger partial charge in [0.05, 0.1) is 21.2 Å². The second kappa shape index (κ2) is 7.04. The zero-order chi connectivity index (χ0) is 16.4. The number of esters is 1. The highest BCUT2D eigenvalue weighted by molar-refractivity contribution is 14.1. The van der Waals surface area contributed by atoms with E-state index in [-0.39, 0.29) is 17.9 Å². The van der Waals surface area contributed by atoms with Crippen LogP contribution in [0.25, 0.3) is 11.0 Å². The molecule has 0 bridgehead atoms. The topological polar surface area (TPSA) is 75.2 Å². The van der Waals surface area contributed by atoms with Crippen LogP contribution in [0.3, 0.4) is 0 Å². The summed E-state index contributed by atoms with van der Waals surface area (Å²) in [5.41, 5.74) is 2.03. The first kappa shape index (κ1) is 16.5. The van der Waals surface area contributed by atoms with Crippen LogP contribution in [0.4, 0.5) is 0 Å². The van der Waals surface area contributed by atoms with E-state index in [0.717, 1.165) is 20.4 Å². The van der Waals surface area contributed by atoms with Gasteiger partial charge >= 0.3 is 5.97 Å². The van der Waals surface area contributed by atoms with E-state index >= 15 is 0 Å². The number of ether oxygens (including phenoxy) is 1. The Morgan fingerprint density at radius 3 is 2.83 bits per heavy atom. The summed E-state index contributed by atoms with van der Waals surface area (Å²) in [6.45, 7) is 0.195. The van der Waals surface area contributed by atoms with E-state index in [1.165, 1.54) is 0 Å². The average Bonchev–Trinajstić information content (AvgIpc) is 2.93. The van der Waals surface area contributed by atoms with Crippen LogP contribution in [0.1, 0.15) is 16.2 Å². The molecule has 0 aliphatic rings. The molecular weight excluding hydrogens is 522 g/mol. The maximum absolute atomic E-state index is 12.1. The third kappa shape index (κ3) is 3.77. The van der Waals surface area contributed by atoms with E-state index in [1.54, 1.807) is 12.1 Å². The van der Waals surface area contributed by atoms with Crippen molar-refractivity contribution in [2.75, 3.05) is 6.61 Å². The fourth-order valence-electron chi connectivity index (χ4n) is 2.16. The standard InChI is InChI=1S/C16H12I2N2O3/c17-9-7-10(15(21)11(18)8-9)16(22)23-6-5-14-19-12-3-1-2-4-13(12)20-14/h1-4,7-8,21H,5-6H2,(H,19,20). The molecule has 0 atom stereocenters. The van der Waals surface area contributed by atoms with Crippen LogP contribution in [0.2, 0.25) is 0 Å². The van der Waals surface area contributed by atoms with Gasteiger partial charge in [-0.25, -0.2) is 9.78 Å². The van der Waals surface area contributed by atoms with Crippen LogP contribution < -0.4 is 0 Å². The maximum atomic E-state index is 12.1. The van der Waals surface area contributed by atoms with Crippen molar-refractivity contribution in [2.24, 2.45) is 0 Å². The lowest BCUT2D eigenvalue weighted by Crippen LogP contribution is -2.09. The zero-order valence-electron chi connectivity index (χ0n) is 11.8. The first-order chi connectivity index (χ1) is 11.0. The summed E-state index contributed by atoms with van der Waals surface area (Å²) < 4.78 is 6.75. The Balaban J connectivity index is 1.65. The Morgan fingerprint density at radius 1 is 1.26 bits per heavy atom. The SMILES string of the molecule is O=C(OCCc1nc2ccccc2[nH]1)c1cc(I)cc(I)c1O. The van der Waals surface area contributed by atoms with Crippen molar-refractivity contribution in [1.29, 1.82) is 0 Å². The number of aromatic nitrogens is 2. The number of phenols is 1. The number of benzene rings is 2. The van der Waals surface area contributed by atoms with Crippen LogP contribution in [0, 0.1) is 7.14 Å². The minimum atomic E-state index is -0.532.